The van der Waals surface area contributed by atoms with E-state index in [-0.39, 0.29) is 5.91 Å². The quantitative estimate of drug-likeness (QED) is 0.836. The number of fused-ring (bicyclic) bond motifs is 1. The van der Waals surface area contributed by atoms with Crippen LogP contribution in [0.2, 0.25) is 0 Å². The van der Waals surface area contributed by atoms with Crippen LogP contribution >= 0.6 is 15.9 Å². The Morgan fingerprint density at radius 3 is 2.82 bits per heavy atom. The fourth-order valence-corrected chi connectivity index (χ4v) is 2.20. The molecular weight excluding hydrogens is 292 g/mol. The van der Waals surface area contributed by atoms with Crippen LogP contribution in [0.3, 0.4) is 0 Å². The van der Waals surface area contributed by atoms with Gasteiger partial charge in [-0.25, -0.2) is 8.78 Å². The number of amides is 1. The van der Waals surface area contributed by atoms with E-state index in [1.54, 1.807) is 18.2 Å². The van der Waals surface area contributed by atoms with Crippen molar-refractivity contribution in [3.8, 4) is 0 Å². The summed E-state index contributed by atoms with van der Waals surface area (Å²) in [7, 11) is 0. The van der Waals surface area contributed by atoms with Gasteiger partial charge >= 0.3 is 0 Å². The molecule has 0 aromatic heterocycles. The molecule has 0 aliphatic carbocycles. The standard InChI is InChI=1S/C12H12BrF2NO/c13-10(11(14)15)8-4-3-7-2-1-5-16-12(17)9(7)6-8/h3-4,6,10-11H,1-2,5H2,(H,16,17). The molecule has 0 fully saturated rings. The van der Waals surface area contributed by atoms with Crippen LogP contribution in [0.25, 0.3) is 0 Å². The van der Waals surface area contributed by atoms with Crippen LogP contribution < -0.4 is 5.32 Å². The zero-order valence-electron chi connectivity index (χ0n) is 9.05. The van der Waals surface area contributed by atoms with Gasteiger partial charge in [-0.1, -0.05) is 28.1 Å². The topological polar surface area (TPSA) is 29.1 Å². The van der Waals surface area contributed by atoms with Crippen molar-refractivity contribution in [2.45, 2.75) is 24.1 Å². The first-order valence-corrected chi connectivity index (χ1v) is 6.34. The molecule has 1 N–H and O–H groups in total. The SMILES string of the molecule is O=C1NCCCc2ccc(C(Br)C(F)F)cc21. The molecule has 0 bridgehead atoms. The Labute approximate surface area is 107 Å². The number of hydrogen-bond donors (Lipinski definition) is 1. The molecule has 1 atom stereocenters. The molecule has 1 aliphatic rings. The minimum absolute atomic E-state index is 0.173. The van der Waals surface area contributed by atoms with Gasteiger partial charge in [0.15, 0.2) is 0 Å². The predicted octanol–water partition coefficient (Wildman–Crippen LogP) is 3.06. The van der Waals surface area contributed by atoms with Gasteiger partial charge in [-0.15, -0.1) is 0 Å². The maximum atomic E-state index is 12.6. The highest BCUT2D eigenvalue weighted by molar-refractivity contribution is 9.09. The number of nitrogens with one attached hydrogen (secondary N) is 1. The Kier molecular flexibility index (Phi) is 3.76. The van der Waals surface area contributed by atoms with E-state index < -0.39 is 11.3 Å². The lowest BCUT2D eigenvalue weighted by atomic mass is 9.99. The van der Waals surface area contributed by atoms with E-state index in [0.29, 0.717) is 17.7 Å². The monoisotopic (exact) mass is 303 g/mol. The lowest BCUT2D eigenvalue weighted by Gasteiger charge is -2.12. The Hall–Kier alpha value is -0.970. The Morgan fingerprint density at radius 2 is 2.12 bits per heavy atom. The first-order valence-electron chi connectivity index (χ1n) is 5.43. The molecule has 1 aliphatic heterocycles. The van der Waals surface area contributed by atoms with Gasteiger partial charge in [0.05, 0.1) is 0 Å². The summed E-state index contributed by atoms with van der Waals surface area (Å²) in [6.45, 7) is 0.634. The molecule has 1 aromatic rings. The summed E-state index contributed by atoms with van der Waals surface area (Å²) in [6.07, 6.45) is -0.803. The minimum atomic E-state index is -2.48. The minimum Gasteiger partial charge on any atom is -0.352 e. The number of benzene rings is 1. The molecule has 0 spiro atoms. The number of halogens is 3. The van der Waals surface area contributed by atoms with Crippen molar-refractivity contribution in [2.75, 3.05) is 6.54 Å². The summed E-state index contributed by atoms with van der Waals surface area (Å²) in [4.78, 5) is 10.7. The predicted molar refractivity (Wildman–Crippen MR) is 64.8 cm³/mol. The van der Waals surface area contributed by atoms with Crippen LogP contribution in [-0.2, 0) is 6.42 Å². The number of carbonyl (C=O) groups excluding carboxylic acids is 1. The van der Waals surface area contributed by atoms with Crippen molar-refractivity contribution in [3.05, 3.63) is 34.9 Å². The van der Waals surface area contributed by atoms with Gasteiger partial charge < -0.3 is 5.32 Å². The highest BCUT2D eigenvalue weighted by Gasteiger charge is 2.22. The summed E-state index contributed by atoms with van der Waals surface area (Å²) < 4.78 is 25.2. The van der Waals surface area contributed by atoms with E-state index in [9.17, 15) is 13.6 Å². The zero-order chi connectivity index (χ0) is 12.4. The van der Waals surface area contributed by atoms with Crippen LogP contribution in [-0.4, -0.2) is 18.9 Å². The molecule has 5 heteroatoms. The molecular formula is C12H12BrF2NO. The summed E-state index contributed by atoms with van der Waals surface area (Å²) in [6, 6.07) is 4.98. The molecule has 1 unspecified atom stereocenters. The Morgan fingerprint density at radius 1 is 1.35 bits per heavy atom. The fraction of sp³-hybridized carbons (Fsp3) is 0.417. The molecule has 92 valence electrons. The van der Waals surface area contributed by atoms with Gasteiger partial charge in [0.2, 0.25) is 0 Å². The Bertz CT molecular complexity index is 437. The fourth-order valence-electron chi connectivity index (χ4n) is 1.92. The lowest BCUT2D eigenvalue weighted by molar-refractivity contribution is 0.0955. The second kappa shape index (κ2) is 5.12. The smallest absolute Gasteiger partial charge is 0.255 e. The molecule has 2 nitrogen and oxygen atoms in total. The van der Waals surface area contributed by atoms with E-state index in [0.717, 1.165) is 18.4 Å². The van der Waals surface area contributed by atoms with Crippen LogP contribution in [0.4, 0.5) is 8.78 Å². The Balaban J connectivity index is 2.38. The molecule has 17 heavy (non-hydrogen) atoms. The molecule has 0 saturated carbocycles. The average Bonchev–Trinajstić information content (AvgIpc) is 2.50. The van der Waals surface area contributed by atoms with Gasteiger partial charge in [-0.05, 0) is 30.0 Å². The maximum absolute atomic E-state index is 12.6. The van der Waals surface area contributed by atoms with Gasteiger partial charge in [0.25, 0.3) is 12.3 Å². The largest absolute Gasteiger partial charge is 0.352 e. The normalized spacial score (nSPS) is 17.3. The summed E-state index contributed by atoms with van der Waals surface area (Å²) in [5.74, 6) is -0.173. The van der Waals surface area contributed by atoms with Crippen LogP contribution in [0.5, 0.6) is 0 Å². The molecule has 0 saturated heterocycles. The number of carbonyl (C=O) groups is 1. The van der Waals surface area contributed by atoms with Crippen LogP contribution in [0, 0.1) is 0 Å². The third-order valence-corrected chi connectivity index (χ3v) is 3.75. The van der Waals surface area contributed by atoms with E-state index in [4.69, 9.17) is 0 Å². The second-order valence-corrected chi connectivity index (χ2v) is 5.00. The number of aryl methyl sites for hydroxylation is 1. The van der Waals surface area contributed by atoms with Gasteiger partial charge in [-0.2, -0.15) is 0 Å². The first kappa shape index (κ1) is 12.5. The molecule has 0 radical (unpaired) electrons. The van der Waals surface area contributed by atoms with Crippen molar-refractivity contribution in [2.24, 2.45) is 0 Å². The van der Waals surface area contributed by atoms with Crippen molar-refractivity contribution < 1.29 is 13.6 Å². The number of rotatable bonds is 2. The van der Waals surface area contributed by atoms with E-state index in [1.807, 2.05) is 0 Å². The van der Waals surface area contributed by atoms with Crippen molar-refractivity contribution in [1.29, 1.82) is 0 Å². The van der Waals surface area contributed by atoms with E-state index >= 15 is 0 Å². The highest BCUT2D eigenvalue weighted by atomic mass is 79.9. The summed E-state index contributed by atoms with van der Waals surface area (Å²) in [5, 5.41) is 2.75. The molecule has 1 amide bonds. The maximum Gasteiger partial charge on any atom is 0.255 e. The van der Waals surface area contributed by atoms with Gasteiger partial charge in [0, 0.05) is 12.1 Å². The van der Waals surface area contributed by atoms with Crippen LogP contribution in [0.15, 0.2) is 18.2 Å². The first-order chi connectivity index (χ1) is 8.09. The third-order valence-electron chi connectivity index (χ3n) is 2.83. The number of hydrogen-bond acceptors (Lipinski definition) is 1. The van der Waals surface area contributed by atoms with Crippen molar-refractivity contribution in [1.82, 2.24) is 5.32 Å². The van der Waals surface area contributed by atoms with E-state index in [2.05, 4.69) is 21.2 Å². The third kappa shape index (κ3) is 2.65. The molecule has 1 aromatic carbocycles. The van der Waals surface area contributed by atoms with Crippen molar-refractivity contribution >= 4 is 21.8 Å². The number of alkyl halides is 3. The van der Waals surface area contributed by atoms with Crippen molar-refractivity contribution in [3.63, 3.8) is 0 Å². The van der Waals surface area contributed by atoms with Gasteiger partial charge in [0.1, 0.15) is 4.83 Å². The van der Waals surface area contributed by atoms with Gasteiger partial charge in [-0.3, -0.25) is 4.79 Å². The molecule has 2 rings (SSSR count). The van der Waals surface area contributed by atoms with Crippen LogP contribution in [0.1, 0.15) is 32.7 Å². The zero-order valence-corrected chi connectivity index (χ0v) is 10.6. The lowest BCUT2D eigenvalue weighted by Crippen LogP contribution is -2.22. The second-order valence-electron chi connectivity index (χ2n) is 4.01. The van der Waals surface area contributed by atoms with E-state index in [1.165, 1.54) is 0 Å². The average molecular weight is 304 g/mol. The molecule has 1 heterocycles. The summed E-state index contributed by atoms with van der Waals surface area (Å²) in [5.41, 5.74) is 1.89. The highest BCUT2D eigenvalue weighted by Crippen LogP contribution is 2.31. The summed E-state index contributed by atoms with van der Waals surface area (Å²) >= 11 is 2.94.